The second-order valence-corrected chi connectivity index (χ2v) is 6.97. The molecule has 2 heterocycles. The van der Waals surface area contributed by atoms with E-state index in [1.54, 1.807) is 12.5 Å². The van der Waals surface area contributed by atoms with Crippen LogP contribution >= 0.6 is 0 Å². The summed E-state index contributed by atoms with van der Waals surface area (Å²) in [4.78, 5) is 18.7. The molecule has 25 heavy (non-hydrogen) atoms. The Bertz CT molecular complexity index is 698. The molecule has 2 N–H and O–H groups in total. The third-order valence-corrected chi connectivity index (χ3v) is 4.66. The molecule has 1 saturated heterocycles. The highest BCUT2D eigenvalue weighted by molar-refractivity contribution is 5.92. The summed E-state index contributed by atoms with van der Waals surface area (Å²) in [6.07, 6.45) is 3.78. The highest BCUT2D eigenvalue weighted by atomic mass is 16.3. The molecule has 6 nitrogen and oxygen atoms in total. The molecular formula is C19H26N4O2. The maximum atomic E-state index is 12.3. The van der Waals surface area contributed by atoms with Crippen LogP contribution in [0.2, 0.25) is 0 Å². The van der Waals surface area contributed by atoms with Gasteiger partial charge in [-0.25, -0.2) is 4.98 Å². The third kappa shape index (κ3) is 4.46. The lowest BCUT2D eigenvalue weighted by atomic mass is 10.1. The number of amides is 1. The minimum absolute atomic E-state index is 0.131. The molecule has 0 spiro atoms. The van der Waals surface area contributed by atoms with Gasteiger partial charge < -0.3 is 15.0 Å². The fourth-order valence-electron chi connectivity index (χ4n) is 3.22. The van der Waals surface area contributed by atoms with Crippen molar-refractivity contribution in [3.05, 3.63) is 54.1 Å². The maximum Gasteiger partial charge on any atom is 0.271 e. The highest BCUT2D eigenvalue weighted by Crippen LogP contribution is 2.20. The molecule has 1 aromatic heterocycles. The van der Waals surface area contributed by atoms with Crippen molar-refractivity contribution in [2.45, 2.75) is 45.0 Å². The van der Waals surface area contributed by atoms with Gasteiger partial charge in [-0.15, -0.1) is 0 Å². The average molecular weight is 342 g/mol. The molecule has 2 atom stereocenters. The van der Waals surface area contributed by atoms with Crippen molar-refractivity contribution in [1.82, 2.24) is 19.8 Å². The predicted molar refractivity (Wildman–Crippen MR) is 96.2 cm³/mol. The number of aliphatic hydroxyl groups excluding tert-OH is 1. The molecule has 1 fully saturated rings. The first-order valence-electron chi connectivity index (χ1n) is 8.80. The van der Waals surface area contributed by atoms with Gasteiger partial charge in [-0.2, -0.15) is 0 Å². The Kier molecular flexibility index (Phi) is 5.50. The van der Waals surface area contributed by atoms with Crippen LogP contribution in [0.5, 0.6) is 0 Å². The van der Waals surface area contributed by atoms with Gasteiger partial charge in [0.1, 0.15) is 5.69 Å². The molecule has 2 aromatic rings. The Morgan fingerprint density at radius 1 is 1.36 bits per heavy atom. The maximum absolute atomic E-state index is 12.3. The number of nitrogens with one attached hydrogen (secondary N) is 1. The van der Waals surface area contributed by atoms with Crippen molar-refractivity contribution < 1.29 is 9.90 Å². The quantitative estimate of drug-likeness (QED) is 0.840. The molecule has 1 aromatic carbocycles. The van der Waals surface area contributed by atoms with Crippen molar-refractivity contribution >= 4 is 5.91 Å². The first-order chi connectivity index (χ1) is 12.0. The first kappa shape index (κ1) is 17.6. The van der Waals surface area contributed by atoms with E-state index in [0.717, 1.165) is 6.54 Å². The van der Waals surface area contributed by atoms with E-state index in [9.17, 15) is 9.90 Å². The second kappa shape index (κ2) is 7.80. The highest BCUT2D eigenvalue weighted by Gasteiger charge is 2.31. The first-order valence-corrected chi connectivity index (χ1v) is 8.80. The minimum Gasteiger partial charge on any atom is -0.392 e. The number of carbonyl (C=O) groups is 1. The van der Waals surface area contributed by atoms with Crippen molar-refractivity contribution in [3.63, 3.8) is 0 Å². The molecule has 1 aliphatic rings. The number of aromatic nitrogens is 2. The molecular weight excluding hydrogens is 316 g/mol. The number of nitrogens with zero attached hydrogens (tertiary/aromatic N) is 3. The number of imidazole rings is 1. The smallest absolute Gasteiger partial charge is 0.271 e. The van der Waals surface area contributed by atoms with Gasteiger partial charge in [0, 0.05) is 37.9 Å². The van der Waals surface area contributed by atoms with Crippen LogP contribution in [0.25, 0.3) is 0 Å². The Balaban J connectivity index is 1.57. The number of hydrogen-bond donors (Lipinski definition) is 2. The SMILES string of the molecule is CC(C)n1cnc(C(=O)NCC2CC(O)CN2Cc2ccccc2)c1. The lowest BCUT2D eigenvalue weighted by Gasteiger charge is -2.24. The van der Waals surface area contributed by atoms with Gasteiger partial charge >= 0.3 is 0 Å². The molecule has 1 amide bonds. The number of benzene rings is 1. The minimum atomic E-state index is -0.342. The normalized spacial score (nSPS) is 21.0. The lowest BCUT2D eigenvalue weighted by Crippen LogP contribution is -2.39. The Morgan fingerprint density at radius 2 is 2.12 bits per heavy atom. The zero-order valence-electron chi connectivity index (χ0n) is 14.8. The predicted octanol–water partition coefficient (Wildman–Crippen LogP) is 1.83. The van der Waals surface area contributed by atoms with E-state index in [2.05, 4.69) is 27.3 Å². The summed E-state index contributed by atoms with van der Waals surface area (Å²) in [6.45, 7) is 6.02. The van der Waals surface area contributed by atoms with Crippen LogP contribution < -0.4 is 5.32 Å². The van der Waals surface area contributed by atoms with Crippen LogP contribution in [0.3, 0.4) is 0 Å². The van der Waals surface area contributed by atoms with E-state index in [4.69, 9.17) is 0 Å². The van der Waals surface area contributed by atoms with E-state index < -0.39 is 0 Å². The topological polar surface area (TPSA) is 70.4 Å². The summed E-state index contributed by atoms with van der Waals surface area (Å²) in [5.74, 6) is -0.166. The fraction of sp³-hybridized carbons (Fsp3) is 0.474. The molecule has 0 radical (unpaired) electrons. The zero-order valence-corrected chi connectivity index (χ0v) is 14.8. The fourth-order valence-corrected chi connectivity index (χ4v) is 3.22. The van der Waals surface area contributed by atoms with Gasteiger partial charge in [0.05, 0.1) is 12.4 Å². The summed E-state index contributed by atoms with van der Waals surface area (Å²) in [5.41, 5.74) is 1.64. The number of likely N-dealkylation sites (tertiary alicyclic amines) is 1. The second-order valence-electron chi connectivity index (χ2n) is 6.97. The van der Waals surface area contributed by atoms with Gasteiger partial charge in [0.15, 0.2) is 0 Å². The number of aliphatic hydroxyl groups is 1. The standard InChI is InChI=1S/C19H26N4O2/c1-14(2)23-12-18(21-13-23)19(25)20-9-16-8-17(24)11-22(16)10-15-6-4-3-5-7-15/h3-7,12-14,16-17,24H,8-11H2,1-2H3,(H,20,25). The van der Waals surface area contributed by atoms with Gasteiger partial charge in [-0.05, 0) is 25.8 Å². The third-order valence-electron chi connectivity index (χ3n) is 4.66. The summed E-state index contributed by atoms with van der Waals surface area (Å²) in [7, 11) is 0. The molecule has 134 valence electrons. The van der Waals surface area contributed by atoms with Crippen LogP contribution in [0.1, 0.15) is 42.4 Å². The average Bonchev–Trinajstić information content (AvgIpc) is 3.21. The van der Waals surface area contributed by atoms with Crippen molar-refractivity contribution in [1.29, 1.82) is 0 Å². The van der Waals surface area contributed by atoms with Crippen LogP contribution in [0.15, 0.2) is 42.9 Å². The molecule has 0 bridgehead atoms. The Labute approximate surface area is 148 Å². The number of hydrogen-bond acceptors (Lipinski definition) is 4. The van der Waals surface area contributed by atoms with Crippen molar-refractivity contribution in [2.24, 2.45) is 0 Å². The monoisotopic (exact) mass is 342 g/mol. The number of rotatable bonds is 6. The van der Waals surface area contributed by atoms with Crippen molar-refractivity contribution in [2.75, 3.05) is 13.1 Å². The largest absolute Gasteiger partial charge is 0.392 e. The van der Waals surface area contributed by atoms with E-state index in [1.165, 1.54) is 5.56 Å². The number of carbonyl (C=O) groups excluding carboxylic acids is 1. The molecule has 0 aliphatic carbocycles. The summed E-state index contributed by atoms with van der Waals surface area (Å²) in [6, 6.07) is 10.6. The molecule has 6 heteroatoms. The number of β-amino-alcohol motifs (C(OH)–C–C–N with tert-alkyl or cyclic N) is 1. The van der Waals surface area contributed by atoms with Gasteiger partial charge in [-0.3, -0.25) is 9.69 Å². The van der Waals surface area contributed by atoms with Gasteiger partial charge in [0.25, 0.3) is 5.91 Å². The van der Waals surface area contributed by atoms with Crippen LogP contribution in [0.4, 0.5) is 0 Å². The summed E-state index contributed by atoms with van der Waals surface area (Å²) < 4.78 is 1.91. The van der Waals surface area contributed by atoms with E-state index >= 15 is 0 Å². The van der Waals surface area contributed by atoms with Gasteiger partial charge in [0.2, 0.25) is 0 Å². The van der Waals surface area contributed by atoms with Crippen molar-refractivity contribution in [3.8, 4) is 0 Å². The lowest BCUT2D eigenvalue weighted by molar-refractivity contribution is 0.0935. The molecule has 0 saturated carbocycles. The zero-order chi connectivity index (χ0) is 17.8. The van der Waals surface area contributed by atoms with E-state index in [1.807, 2.05) is 36.6 Å². The van der Waals surface area contributed by atoms with E-state index in [-0.39, 0.29) is 24.1 Å². The summed E-state index contributed by atoms with van der Waals surface area (Å²) in [5, 5.41) is 13.0. The van der Waals surface area contributed by atoms with Crippen LogP contribution in [-0.4, -0.2) is 50.7 Å². The van der Waals surface area contributed by atoms with Crippen LogP contribution in [0, 0.1) is 0 Å². The Hall–Kier alpha value is -2.18. The molecule has 3 rings (SSSR count). The molecule has 2 unspecified atom stereocenters. The summed E-state index contributed by atoms with van der Waals surface area (Å²) >= 11 is 0. The Morgan fingerprint density at radius 3 is 2.80 bits per heavy atom. The molecule has 1 aliphatic heterocycles. The van der Waals surface area contributed by atoms with E-state index in [0.29, 0.717) is 25.2 Å². The van der Waals surface area contributed by atoms with Crippen LogP contribution in [-0.2, 0) is 6.54 Å². The van der Waals surface area contributed by atoms with Gasteiger partial charge in [-0.1, -0.05) is 30.3 Å².